The van der Waals surface area contributed by atoms with E-state index < -0.39 is 0 Å². The van der Waals surface area contributed by atoms with Gasteiger partial charge in [0, 0.05) is 0 Å². The lowest BCUT2D eigenvalue weighted by Gasteiger charge is -2.34. The summed E-state index contributed by atoms with van der Waals surface area (Å²) < 4.78 is 0. The molecule has 0 atom stereocenters. The minimum Gasteiger partial charge on any atom is -0.333 e. The molecule has 1 aromatic rings. The second-order valence-corrected chi connectivity index (χ2v) is 4.49. The molecular weight excluding hydrogens is 182 g/mol. The van der Waals surface area contributed by atoms with E-state index in [1.165, 1.54) is 44.7 Å². The maximum absolute atomic E-state index is 4.50. The zero-order valence-electron chi connectivity index (χ0n) is 10.00. The van der Waals surface area contributed by atoms with Crippen LogP contribution in [0.3, 0.4) is 0 Å². The minimum absolute atomic E-state index is 0.472. The van der Waals surface area contributed by atoms with Gasteiger partial charge in [-0.2, -0.15) is 0 Å². The van der Waals surface area contributed by atoms with E-state index in [0.29, 0.717) is 5.41 Å². The van der Waals surface area contributed by atoms with Crippen LogP contribution in [0.1, 0.15) is 44.6 Å². The highest BCUT2D eigenvalue weighted by Crippen LogP contribution is 2.38. The molecular formula is C14H23N. The number of hydrogen-bond acceptors (Lipinski definition) is 1. The van der Waals surface area contributed by atoms with Crippen LogP contribution in [0.2, 0.25) is 0 Å². The number of nitrogens with two attached hydrogens (primary N) is 1. The molecule has 84 valence electrons. The number of benzene rings is 1. The first-order chi connectivity index (χ1) is 7.31. The summed E-state index contributed by atoms with van der Waals surface area (Å²) in [6.07, 6.45) is 6.99. The van der Waals surface area contributed by atoms with E-state index in [-0.39, 0.29) is 0 Å². The van der Waals surface area contributed by atoms with Gasteiger partial charge in [0.15, 0.2) is 0 Å². The molecule has 0 aliphatic heterocycles. The van der Waals surface area contributed by atoms with Crippen molar-refractivity contribution in [2.75, 3.05) is 7.05 Å². The second-order valence-electron chi connectivity index (χ2n) is 4.49. The molecule has 1 fully saturated rings. The minimum atomic E-state index is 0.472. The van der Waals surface area contributed by atoms with Gasteiger partial charge in [0.1, 0.15) is 0 Å². The molecule has 1 heteroatoms. The van der Waals surface area contributed by atoms with Gasteiger partial charge in [-0.25, -0.2) is 0 Å². The van der Waals surface area contributed by atoms with Crippen molar-refractivity contribution in [3.63, 3.8) is 0 Å². The molecule has 15 heavy (non-hydrogen) atoms. The molecule has 1 aliphatic carbocycles. The molecule has 0 unspecified atom stereocenters. The molecule has 0 spiro atoms. The van der Waals surface area contributed by atoms with Crippen molar-refractivity contribution >= 4 is 0 Å². The van der Waals surface area contributed by atoms with Crippen LogP contribution < -0.4 is 5.73 Å². The van der Waals surface area contributed by atoms with Crippen LogP contribution in [0.15, 0.2) is 30.3 Å². The van der Waals surface area contributed by atoms with Gasteiger partial charge in [0.05, 0.1) is 0 Å². The second kappa shape index (κ2) is 5.92. The van der Waals surface area contributed by atoms with Gasteiger partial charge < -0.3 is 5.73 Å². The van der Waals surface area contributed by atoms with Crippen LogP contribution in [-0.4, -0.2) is 7.05 Å². The topological polar surface area (TPSA) is 26.0 Å². The largest absolute Gasteiger partial charge is 0.333 e. The van der Waals surface area contributed by atoms with E-state index in [0.717, 1.165) is 0 Å². The van der Waals surface area contributed by atoms with E-state index in [9.17, 15) is 0 Å². The summed E-state index contributed by atoms with van der Waals surface area (Å²) in [5.74, 6) is 0. The average Bonchev–Trinajstić information content (AvgIpc) is 2.34. The van der Waals surface area contributed by atoms with E-state index in [1.807, 2.05) is 0 Å². The Labute approximate surface area is 93.7 Å². The third-order valence-corrected chi connectivity index (χ3v) is 3.43. The van der Waals surface area contributed by atoms with Gasteiger partial charge in [0.2, 0.25) is 0 Å². The summed E-state index contributed by atoms with van der Waals surface area (Å²) in [4.78, 5) is 0. The predicted molar refractivity (Wildman–Crippen MR) is 67.0 cm³/mol. The third-order valence-electron chi connectivity index (χ3n) is 3.43. The third kappa shape index (κ3) is 3.07. The standard InChI is InChI=1S/C13H18.CH5N/c1-13(10-6-3-7-11-13)12-8-4-2-5-9-12;1-2/h2,4-5,8-9H,3,6-7,10-11H2,1H3;2H2,1H3. The Bertz CT molecular complexity index is 260. The highest BCUT2D eigenvalue weighted by molar-refractivity contribution is 5.24. The summed E-state index contributed by atoms with van der Waals surface area (Å²) in [6, 6.07) is 11.0. The Kier molecular flexibility index (Phi) is 4.83. The van der Waals surface area contributed by atoms with E-state index in [1.54, 1.807) is 0 Å². The van der Waals surface area contributed by atoms with Crippen molar-refractivity contribution in [1.29, 1.82) is 0 Å². The monoisotopic (exact) mass is 205 g/mol. The lowest BCUT2D eigenvalue weighted by Crippen LogP contribution is -2.24. The summed E-state index contributed by atoms with van der Waals surface area (Å²) in [6.45, 7) is 2.42. The molecule has 2 rings (SSSR count). The number of hydrogen-bond donors (Lipinski definition) is 1. The van der Waals surface area contributed by atoms with Gasteiger partial charge >= 0.3 is 0 Å². The van der Waals surface area contributed by atoms with Crippen molar-refractivity contribution in [2.24, 2.45) is 5.73 Å². The molecule has 1 nitrogen and oxygen atoms in total. The van der Waals surface area contributed by atoms with Crippen LogP contribution in [0.5, 0.6) is 0 Å². The van der Waals surface area contributed by atoms with Gasteiger partial charge in [-0.15, -0.1) is 0 Å². The Morgan fingerprint density at radius 3 is 2.00 bits per heavy atom. The van der Waals surface area contributed by atoms with Crippen LogP contribution in [0.25, 0.3) is 0 Å². The fourth-order valence-electron chi connectivity index (χ4n) is 2.46. The first-order valence-corrected chi connectivity index (χ1v) is 5.95. The van der Waals surface area contributed by atoms with Gasteiger partial charge in [0.25, 0.3) is 0 Å². The van der Waals surface area contributed by atoms with E-state index >= 15 is 0 Å². The van der Waals surface area contributed by atoms with E-state index in [4.69, 9.17) is 0 Å². The lowest BCUT2D eigenvalue weighted by atomic mass is 9.71. The van der Waals surface area contributed by atoms with Crippen molar-refractivity contribution in [3.8, 4) is 0 Å². The van der Waals surface area contributed by atoms with Crippen molar-refractivity contribution in [3.05, 3.63) is 35.9 Å². The highest BCUT2D eigenvalue weighted by Gasteiger charge is 2.27. The Morgan fingerprint density at radius 2 is 1.47 bits per heavy atom. The molecule has 1 saturated carbocycles. The Morgan fingerprint density at radius 1 is 0.933 bits per heavy atom. The zero-order valence-corrected chi connectivity index (χ0v) is 10.00. The molecule has 1 aliphatic rings. The SMILES string of the molecule is CC1(c2ccccc2)CCCCC1.CN. The van der Waals surface area contributed by atoms with Crippen molar-refractivity contribution in [1.82, 2.24) is 0 Å². The lowest BCUT2D eigenvalue weighted by molar-refractivity contribution is 0.319. The normalized spacial score (nSPS) is 18.9. The van der Waals surface area contributed by atoms with Crippen molar-refractivity contribution in [2.45, 2.75) is 44.4 Å². The van der Waals surface area contributed by atoms with Gasteiger partial charge in [-0.3, -0.25) is 0 Å². The molecule has 0 bridgehead atoms. The molecule has 0 heterocycles. The molecule has 1 aromatic carbocycles. The molecule has 0 aromatic heterocycles. The quantitative estimate of drug-likeness (QED) is 0.746. The average molecular weight is 205 g/mol. The van der Waals surface area contributed by atoms with Crippen molar-refractivity contribution < 1.29 is 0 Å². The summed E-state index contributed by atoms with van der Waals surface area (Å²) >= 11 is 0. The molecule has 0 amide bonds. The Balaban J connectivity index is 0.000000531. The Hall–Kier alpha value is -0.820. The van der Waals surface area contributed by atoms with Gasteiger partial charge in [-0.1, -0.05) is 56.5 Å². The zero-order chi connectivity index (χ0) is 11.1. The van der Waals surface area contributed by atoms with E-state index in [2.05, 4.69) is 43.0 Å². The smallest absolute Gasteiger partial charge is 0.00753 e. The molecule has 0 radical (unpaired) electrons. The summed E-state index contributed by atoms with van der Waals surface area (Å²) in [5, 5.41) is 0. The summed E-state index contributed by atoms with van der Waals surface area (Å²) in [7, 11) is 1.50. The molecule has 2 N–H and O–H groups in total. The first kappa shape index (κ1) is 12.3. The fourth-order valence-corrected chi connectivity index (χ4v) is 2.46. The van der Waals surface area contributed by atoms with Gasteiger partial charge in [-0.05, 0) is 30.9 Å². The maximum Gasteiger partial charge on any atom is -0.00753 e. The fraction of sp³-hybridized carbons (Fsp3) is 0.571. The number of rotatable bonds is 1. The predicted octanol–water partition coefficient (Wildman–Crippen LogP) is 3.48. The van der Waals surface area contributed by atoms with Crippen LogP contribution in [0, 0.1) is 0 Å². The maximum atomic E-state index is 4.50. The first-order valence-electron chi connectivity index (χ1n) is 5.95. The van der Waals surface area contributed by atoms with Crippen LogP contribution in [0.4, 0.5) is 0 Å². The van der Waals surface area contributed by atoms with Crippen LogP contribution >= 0.6 is 0 Å². The van der Waals surface area contributed by atoms with Crippen LogP contribution in [-0.2, 0) is 5.41 Å². The summed E-state index contributed by atoms with van der Waals surface area (Å²) in [5.41, 5.74) is 6.51. The molecule has 0 saturated heterocycles. The highest BCUT2D eigenvalue weighted by atomic mass is 14.4.